The average molecular weight is 309 g/mol. The highest BCUT2D eigenvalue weighted by Gasteiger charge is 2.17. The van der Waals surface area contributed by atoms with Crippen molar-refractivity contribution in [2.24, 2.45) is 5.73 Å². The van der Waals surface area contributed by atoms with Crippen molar-refractivity contribution in [3.05, 3.63) is 29.3 Å². The van der Waals surface area contributed by atoms with Crippen LogP contribution in [0.15, 0.2) is 18.2 Å². The van der Waals surface area contributed by atoms with E-state index in [2.05, 4.69) is 15.9 Å². The van der Waals surface area contributed by atoms with Crippen LogP contribution in [0.5, 0.6) is 5.75 Å². The number of ether oxygens (including phenoxy) is 1. The van der Waals surface area contributed by atoms with E-state index in [1.54, 1.807) is 7.11 Å². The molecule has 0 spiro atoms. The van der Waals surface area contributed by atoms with Crippen molar-refractivity contribution in [2.75, 3.05) is 46.4 Å². The Labute approximate surface area is 131 Å². The van der Waals surface area contributed by atoms with E-state index in [9.17, 15) is 0 Å². The molecule has 1 saturated heterocycles. The van der Waals surface area contributed by atoms with Crippen LogP contribution < -0.4 is 10.5 Å². The lowest BCUT2D eigenvalue weighted by Gasteiger charge is -2.34. The second-order valence-corrected chi connectivity index (χ2v) is 5.68. The fraction of sp³-hybridized carbons (Fsp3) is 0.533. The predicted octanol–water partition coefficient (Wildman–Crippen LogP) is 0.439. The first kappa shape index (κ1) is 16.2. The van der Waals surface area contributed by atoms with Crippen molar-refractivity contribution < 1.29 is 9.84 Å². The Balaban J connectivity index is 1.97. The minimum absolute atomic E-state index is 0.232. The molecular weight excluding hydrogens is 286 g/mol. The Kier molecular flexibility index (Phi) is 5.93. The topological polar surface area (TPSA) is 62.0 Å². The van der Waals surface area contributed by atoms with Crippen LogP contribution in [-0.4, -0.2) is 66.3 Å². The van der Waals surface area contributed by atoms with Crippen LogP contribution >= 0.6 is 12.2 Å². The molecule has 0 bridgehead atoms. The maximum absolute atomic E-state index is 8.96. The Hall–Kier alpha value is -1.21. The summed E-state index contributed by atoms with van der Waals surface area (Å²) in [5.41, 5.74) is 7.74. The quantitative estimate of drug-likeness (QED) is 0.744. The molecule has 1 aliphatic heterocycles. The summed E-state index contributed by atoms with van der Waals surface area (Å²) in [4.78, 5) is 5.05. The molecule has 0 aromatic heterocycles. The third kappa shape index (κ3) is 4.38. The minimum atomic E-state index is 0.232. The molecule has 5 nitrogen and oxygen atoms in total. The Morgan fingerprint density at radius 1 is 1.29 bits per heavy atom. The van der Waals surface area contributed by atoms with E-state index >= 15 is 0 Å². The van der Waals surface area contributed by atoms with Crippen LogP contribution in [-0.2, 0) is 6.54 Å². The third-order valence-electron chi connectivity index (χ3n) is 3.82. The van der Waals surface area contributed by atoms with Gasteiger partial charge in [-0.05, 0) is 17.7 Å². The van der Waals surface area contributed by atoms with Crippen LogP contribution in [0.1, 0.15) is 11.1 Å². The van der Waals surface area contributed by atoms with E-state index in [-0.39, 0.29) is 6.61 Å². The largest absolute Gasteiger partial charge is 0.496 e. The molecule has 0 saturated carbocycles. The van der Waals surface area contributed by atoms with Crippen LogP contribution in [0.3, 0.4) is 0 Å². The number of β-amino-alcohol motifs (C(OH)–C–C–N with tert-alkyl or cyclic N) is 1. The number of hydrogen-bond acceptors (Lipinski definition) is 5. The molecule has 6 heteroatoms. The number of benzene rings is 1. The van der Waals surface area contributed by atoms with Gasteiger partial charge in [-0.3, -0.25) is 9.80 Å². The smallest absolute Gasteiger partial charge is 0.129 e. The van der Waals surface area contributed by atoms with E-state index in [1.165, 1.54) is 5.56 Å². The summed E-state index contributed by atoms with van der Waals surface area (Å²) < 4.78 is 5.28. The van der Waals surface area contributed by atoms with Gasteiger partial charge in [-0.1, -0.05) is 18.3 Å². The number of piperazine rings is 1. The molecule has 2 rings (SSSR count). The fourth-order valence-electron chi connectivity index (χ4n) is 2.62. The molecule has 0 amide bonds. The normalized spacial score (nSPS) is 16.9. The Bertz CT molecular complexity index is 488. The number of aliphatic hydroxyl groups excluding tert-OH is 1. The average Bonchev–Trinajstić information content (AvgIpc) is 2.49. The molecule has 0 radical (unpaired) electrons. The maximum Gasteiger partial charge on any atom is 0.129 e. The first-order valence-corrected chi connectivity index (χ1v) is 7.57. The van der Waals surface area contributed by atoms with E-state index in [1.807, 2.05) is 12.1 Å². The maximum atomic E-state index is 8.96. The van der Waals surface area contributed by atoms with Crippen molar-refractivity contribution >= 4 is 17.2 Å². The summed E-state index contributed by atoms with van der Waals surface area (Å²) in [6.07, 6.45) is 0. The summed E-state index contributed by atoms with van der Waals surface area (Å²) in [5, 5.41) is 8.96. The van der Waals surface area contributed by atoms with Gasteiger partial charge in [0.05, 0.1) is 19.3 Å². The van der Waals surface area contributed by atoms with Crippen molar-refractivity contribution in [1.29, 1.82) is 0 Å². The monoisotopic (exact) mass is 309 g/mol. The van der Waals surface area contributed by atoms with Gasteiger partial charge in [0.1, 0.15) is 10.7 Å². The van der Waals surface area contributed by atoms with Crippen molar-refractivity contribution in [2.45, 2.75) is 6.54 Å². The van der Waals surface area contributed by atoms with Crippen molar-refractivity contribution in [3.63, 3.8) is 0 Å². The third-order valence-corrected chi connectivity index (χ3v) is 4.04. The summed E-state index contributed by atoms with van der Waals surface area (Å²) in [7, 11) is 1.62. The molecular formula is C15H23N3O2S. The highest BCUT2D eigenvalue weighted by atomic mass is 32.1. The number of thiocarbonyl (C=S) groups is 1. The molecule has 0 aliphatic carbocycles. The second-order valence-electron chi connectivity index (χ2n) is 5.24. The van der Waals surface area contributed by atoms with Gasteiger partial charge < -0.3 is 15.6 Å². The van der Waals surface area contributed by atoms with E-state index in [4.69, 9.17) is 27.8 Å². The number of methoxy groups -OCH3 is 1. The zero-order valence-electron chi connectivity index (χ0n) is 12.4. The predicted molar refractivity (Wildman–Crippen MR) is 87.7 cm³/mol. The van der Waals surface area contributed by atoms with Gasteiger partial charge in [0, 0.05) is 39.3 Å². The fourth-order valence-corrected chi connectivity index (χ4v) is 2.78. The summed E-state index contributed by atoms with van der Waals surface area (Å²) in [5.74, 6) is 0.721. The lowest BCUT2D eigenvalue weighted by molar-refractivity contribution is 0.108. The summed E-state index contributed by atoms with van der Waals surface area (Å²) in [6.45, 7) is 5.89. The van der Waals surface area contributed by atoms with Gasteiger partial charge in [0.15, 0.2) is 0 Å². The van der Waals surface area contributed by atoms with Gasteiger partial charge in [-0.15, -0.1) is 0 Å². The number of nitrogens with zero attached hydrogens (tertiary/aromatic N) is 2. The van der Waals surface area contributed by atoms with E-state index < -0.39 is 0 Å². The first-order valence-electron chi connectivity index (χ1n) is 7.16. The highest BCUT2D eigenvalue weighted by Crippen LogP contribution is 2.21. The summed E-state index contributed by atoms with van der Waals surface area (Å²) >= 11 is 5.08. The molecule has 1 aromatic carbocycles. The Morgan fingerprint density at radius 3 is 2.52 bits per heavy atom. The SMILES string of the molecule is COc1ccc(CN2CCN(CCO)CC2)cc1C(N)=S. The Morgan fingerprint density at radius 2 is 1.95 bits per heavy atom. The molecule has 1 heterocycles. The van der Waals surface area contributed by atoms with Gasteiger partial charge in [-0.25, -0.2) is 0 Å². The first-order chi connectivity index (χ1) is 10.1. The van der Waals surface area contributed by atoms with Crippen LogP contribution in [0.2, 0.25) is 0 Å². The molecule has 21 heavy (non-hydrogen) atoms. The molecule has 0 atom stereocenters. The zero-order valence-corrected chi connectivity index (χ0v) is 13.2. The molecule has 1 aliphatic rings. The molecule has 116 valence electrons. The van der Waals surface area contributed by atoms with Gasteiger partial charge in [0.25, 0.3) is 0 Å². The van der Waals surface area contributed by atoms with Gasteiger partial charge in [0.2, 0.25) is 0 Å². The standard InChI is InChI=1S/C15H23N3O2S/c1-20-14-3-2-12(10-13(14)15(16)21)11-18-6-4-17(5-7-18)8-9-19/h2-3,10,19H,4-9,11H2,1H3,(H2,16,21). The minimum Gasteiger partial charge on any atom is -0.496 e. The number of nitrogens with two attached hydrogens (primary N) is 1. The lowest BCUT2D eigenvalue weighted by Crippen LogP contribution is -2.46. The molecule has 1 aromatic rings. The number of rotatable bonds is 6. The lowest BCUT2D eigenvalue weighted by atomic mass is 10.1. The van der Waals surface area contributed by atoms with Crippen LogP contribution in [0.4, 0.5) is 0 Å². The number of hydrogen-bond donors (Lipinski definition) is 2. The highest BCUT2D eigenvalue weighted by molar-refractivity contribution is 7.80. The van der Waals surface area contributed by atoms with Gasteiger partial charge in [-0.2, -0.15) is 0 Å². The zero-order chi connectivity index (χ0) is 15.2. The molecule has 3 N–H and O–H groups in total. The second kappa shape index (κ2) is 7.70. The van der Waals surface area contributed by atoms with Crippen LogP contribution in [0, 0.1) is 0 Å². The van der Waals surface area contributed by atoms with E-state index in [0.717, 1.165) is 50.6 Å². The van der Waals surface area contributed by atoms with Crippen molar-refractivity contribution in [1.82, 2.24) is 9.80 Å². The van der Waals surface area contributed by atoms with Crippen molar-refractivity contribution in [3.8, 4) is 5.75 Å². The molecule has 1 fully saturated rings. The number of aliphatic hydroxyl groups is 1. The summed E-state index contributed by atoms with van der Waals surface area (Å²) in [6, 6.07) is 5.99. The molecule has 0 unspecified atom stereocenters. The van der Waals surface area contributed by atoms with Gasteiger partial charge >= 0.3 is 0 Å². The van der Waals surface area contributed by atoms with E-state index in [0.29, 0.717) is 4.99 Å². The van der Waals surface area contributed by atoms with Crippen LogP contribution in [0.25, 0.3) is 0 Å².